The van der Waals surface area contributed by atoms with E-state index in [1.165, 1.54) is 57.8 Å². The highest BCUT2D eigenvalue weighted by Crippen LogP contribution is 2.42. The summed E-state index contributed by atoms with van der Waals surface area (Å²) in [5, 5.41) is 0. The molecule has 160 valence electrons. The van der Waals surface area contributed by atoms with Crippen molar-refractivity contribution in [2.45, 2.75) is 129 Å². The fourth-order valence-corrected chi connectivity index (χ4v) is 5.67. The van der Waals surface area contributed by atoms with Gasteiger partial charge in [-0.2, -0.15) is 13.2 Å². The van der Waals surface area contributed by atoms with Crippen molar-refractivity contribution < 1.29 is 13.2 Å². The Labute approximate surface area is 166 Å². The molecule has 0 aromatic carbocycles. The van der Waals surface area contributed by atoms with E-state index in [9.17, 15) is 13.2 Å². The van der Waals surface area contributed by atoms with Crippen molar-refractivity contribution >= 4 is 0 Å². The molecule has 1 unspecified atom stereocenters. The molecule has 2 saturated carbocycles. The molecule has 0 heterocycles. The van der Waals surface area contributed by atoms with Gasteiger partial charge in [0.1, 0.15) is 0 Å². The molecule has 27 heavy (non-hydrogen) atoms. The molecule has 0 bridgehead atoms. The largest absolute Gasteiger partial charge is 0.391 e. The molecule has 0 radical (unpaired) electrons. The quantitative estimate of drug-likeness (QED) is 0.310. The van der Waals surface area contributed by atoms with Crippen molar-refractivity contribution in [3.8, 4) is 0 Å². The van der Waals surface area contributed by atoms with Gasteiger partial charge >= 0.3 is 6.18 Å². The highest BCUT2D eigenvalue weighted by atomic mass is 19.4. The maximum atomic E-state index is 13.3. The van der Waals surface area contributed by atoms with Gasteiger partial charge in [0.05, 0.1) is 5.92 Å². The van der Waals surface area contributed by atoms with Gasteiger partial charge in [-0.3, -0.25) is 0 Å². The van der Waals surface area contributed by atoms with E-state index in [1.807, 2.05) is 0 Å². The lowest BCUT2D eigenvalue weighted by Gasteiger charge is -2.36. The third-order valence-electron chi connectivity index (χ3n) is 7.49. The number of rotatable bonds is 11. The Morgan fingerprint density at radius 2 is 1.30 bits per heavy atom. The molecule has 0 aliphatic heterocycles. The molecule has 0 aromatic rings. The van der Waals surface area contributed by atoms with Gasteiger partial charge in [-0.05, 0) is 43.4 Å². The van der Waals surface area contributed by atoms with Crippen LogP contribution < -0.4 is 0 Å². The summed E-state index contributed by atoms with van der Waals surface area (Å²) in [7, 11) is 0. The number of hydrogen-bond acceptors (Lipinski definition) is 0. The molecular formula is C24H43F3. The summed E-state index contributed by atoms with van der Waals surface area (Å²) >= 11 is 0. The predicted octanol–water partition coefficient (Wildman–Crippen LogP) is 9.08. The van der Waals surface area contributed by atoms with E-state index in [-0.39, 0.29) is 0 Å². The molecular weight excluding hydrogens is 345 g/mol. The normalized spacial score (nSPS) is 26.2. The molecule has 2 aliphatic carbocycles. The first-order chi connectivity index (χ1) is 13.0. The van der Waals surface area contributed by atoms with Gasteiger partial charge in [0.25, 0.3) is 0 Å². The fourth-order valence-electron chi connectivity index (χ4n) is 5.67. The molecule has 2 fully saturated rings. The molecule has 2 rings (SSSR count). The topological polar surface area (TPSA) is 0 Å². The number of alkyl halides is 3. The second kappa shape index (κ2) is 12.4. The molecule has 3 heteroatoms. The van der Waals surface area contributed by atoms with Crippen LogP contribution in [0.3, 0.4) is 0 Å². The van der Waals surface area contributed by atoms with Gasteiger partial charge in [0.2, 0.25) is 0 Å². The highest BCUT2D eigenvalue weighted by molar-refractivity contribution is 4.80. The average Bonchev–Trinajstić information content (AvgIpc) is 2.67. The average molecular weight is 389 g/mol. The Hall–Kier alpha value is -0.210. The first-order valence-electron chi connectivity index (χ1n) is 12.1. The van der Waals surface area contributed by atoms with Crippen LogP contribution in [0.15, 0.2) is 0 Å². The first-order valence-corrected chi connectivity index (χ1v) is 12.1. The van der Waals surface area contributed by atoms with E-state index >= 15 is 0 Å². The monoisotopic (exact) mass is 388 g/mol. The number of halogens is 3. The maximum Gasteiger partial charge on any atom is 0.391 e. The third kappa shape index (κ3) is 8.77. The predicted molar refractivity (Wildman–Crippen MR) is 109 cm³/mol. The van der Waals surface area contributed by atoms with E-state index in [0.29, 0.717) is 18.8 Å². The second-order valence-electron chi connectivity index (χ2n) is 9.55. The highest BCUT2D eigenvalue weighted by Gasteiger charge is 2.38. The van der Waals surface area contributed by atoms with Crippen LogP contribution in [0.5, 0.6) is 0 Å². The summed E-state index contributed by atoms with van der Waals surface area (Å²) in [4.78, 5) is 0. The smallest absolute Gasteiger partial charge is 0.171 e. The third-order valence-corrected chi connectivity index (χ3v) is 7.49. The van der Waals surface area contributed by atoms with Gasteiger partial charge in [-0.15, -0.1) is 0 Å². The Morgan fingerprint density at radius 3 is 1.93 bits per heavy atom. The number of unbranched alkanes of at least 4 members (excludes halogenated alkanes) is 4. The Morgan fingerprint density at radius 1 is 0.704 bits per heavy atom. The maximum absolute atomic E-state index is 13.3. The Bertz CT molecular complexity index is 362. The zero-order valence-corrected chi connectivity index (χ0v) is 17.7. The van der Waals surface area contributed by atoms with E-state index < -0.39 is 12.1 Å². The van der Waals surface area contributed by atoms with Crippen LogP contribution in [0.1, 0.15) is 122 Å². The van der Waals surface area contributed by atoms with Gasteiger partial charge < -0.3 is 0 Å². The molecule has 0 saturated heterocycles. The first kappa shape index (κ1) is 23.1. The summed E-state index contributed by atoms with van der Waals surface area (Å²) in [5.74, 6) is 1.52. The van der Waals surface area contributed by atoms with Crippen LogP contribution in [0.2, 0.25) is 0 Å². The van der Waals surface area contributed by atoms with Crippen molar-refractivity contribution in [3.63, 3.8) is 0 Å². The van der Waals surface area contributed by atoms with Crippen LogP contribution in [0.25, 0.3) is 0 Å². The molecule has 0 nitrogen and oxygen atoms in total. The molecule has 1 atom stereocenters. The van der Waals surface area contributed by atoms with Gasteiger partial charge in [-0.1, -0.05) is 96.8 Å². The van der Waals surface area contributed by atoms with Gasteiger partial charge in [0.15, 0.2) is 0 Å². The van der Waals surface area contributed by atoms with Crippen molar-refractivity contribution in [1.29, 1.82) is 0 Å². The van der Waals surface area contributed by atoms with E-state index in [4.69, 9.17) is 0 Å². The van der Waals surface area contributed by atoms with E-state index in [1.54, 1.807) is 0 Å². The van der Waals surface area contributed by atoms with Gasteiger partial charge in [0, 0.05) is 0 Å². The van der Waals surface area contributed by atoms with E-state index in [0.717, 1.165) is 56.8 Å². The zero-order chi connectivity index (χ0) is 19.5. The summed E-state index contributed by atoms with van der Waals surface area (Å²) in [6, 6.07) is 0. The van der Waals surface area contributed by atoms with Crippen LogP contribution in [-0.4, -0.2) is 6.18 Å². The van der Waals surface area contributed by atoms with E-state index in [2.05, 4.69) is 6.92 Å². The molecule has 0 N–H and O–H groups in total. The zero-order valence-electron chi connectivity index (χ0n) is 17.7. The fraction of sp³-hybridized carbons (Fsp3) is 1.00. The summed E-state index contributed by atoms with van der Waals surface area (Å²) < 4.78 is 40.0. The molecule has 2 aliphatic rings. The second-order valence-corrected chi connectivity index (χ2v) is 9.55. The van der Waals surface area contributed by atoms with Crippen molar-refractivity contribution in [1.82, 2.24) is 0 Å². The summed E-state index contributed by atoms with van der Waals surface area (Å²) in [5.41, 5.74) is 0. The SMILES string of the molecule is CCCCCCCC(CCC[C@H]1CC[C@H](C2CCCCC2)CC1)C(F)(F)F. The van der Waals surface area contributed by atoms with Crippen LogP contribution in [0, 0.1) is 23.7 Å². The van der Waals surface area contributed by atoms with Gasteiger partial charge in [-0.25, -0.2) is 0 Å². The minimum Gasteiger partial charge on any atom is -0.171 e. The summed E-state index contributed by atoms with van der Waals surface area (Å²) in [6.45, 7) is 2.14. The standard InChI is InChI=1S/C24H43F3/c1-2-3-4-5-9-14-23(24(25,26)27)15-10-11-20-16-18-22(19-17-20)21-12-7-6-8-13-21/h20-23H,2-19H2,1H3/t20-,22-,23?. The lowest BCUT2D eigenvalue weighted by Crippen LogP contribution is -2.25. The lowest BCUT2D eigenvalue weighted by atomic mass is 9.70. The van der Waals surface area contributed by atoms with Crippen molar-refractivity contribution in [2.24, 2.45) is 23.7 Å². The van der Waals surface area contributed by atoms with Crippen molar-refractivity contribution in [3.05, 3.63) is 0 Å². The summed E-state index contributed by atoms with van der Waals surface area (Å²) in [6.07, 6.45) is 16.0. The van der Waals surface area contributed by atoms with Crippen LogP contribution in [-0.2, 0) is 0 Å². The van der Waals surface area contributed by atoms with Crippen molar-refractivity contribution in [2.75, 3.05) is 0 Å². The Kier molecular flexibility index (Phi) is 10.6. The molecule has 0 amide bonds. The minimum atomic E-state index is -4.00. The minimum absolute atomic E-state index is 0.349. The molecule has 0 spiro atoms. The van der Waals surface area contributed by atoms with Crippen LogP contribution >= 0.6 is 0 Å². The van der Waals surface area contributed by atoms with Crippen LogP contribution in [0.4, 0.5) is 13.2 Å². The lowest BCUT2D eigenvalue weighted by molar-refractivity contribution is -0.178. The number of hydrogen-bond donors (Lipinski definition) is 0. The Balaban J connectivity index is 1.61. The molecule has 0 aromatic heterocycles.